The number of nitrogens with zero attached hydrogens (tertiary/aromatic N) is 1. The SMILES string of the molecule is COc1ccc(NC(=O)CN(C)S(=O)(=O)c2ccc3c(c2)OCCO3)cc1Cl. The molecule has 3 rings (SSSR count). The van der Waals surface area contributed by atoms with Crippen molar-refractivity contribution >= 4 is 33.2 Å². The number of likely N-dealkylation sites (N-methyl/N-ethyl adjacent to an activating group) is 1. The van der Waals surface area contributed by atoms with Crippen molar-refractivity contribution in [2.24, 2.45) is 0 Å². The predicted molar refractivity (Wildman–Crippen MR) is 104 cm³/mol. The van der Waals surface area contributed by atoms with E-state index in [1.54, 1.807) is 12.1 Å². The molecule has 28 heavy (non-hydrogen) atoms. The molecular formula is C18H19ClN2O6S. The fourth-order valence-electron chi connectivity index (χ4n) is 2.60. The molecule has 0 saturated carbocycles. The topological polar surface area (TPSA) is 94.2 Å². The van der Waals surface area contributed by atoms with E-state index in [2.05, 4.69) is 5.32 Å². The van der Waals surface area contributed by atoms with Crippen molar-refractivity contribution < 1.29 is 27.4 Å². The van der Waals surface area contributed by atoms with Crippen LogP contribution in [0, 0.1) is 0 Å². The average Bonchev–Trinajstić information content (AvgIpc) is 2.67. The summed E-state index contributed by atoms with van der Waals surface area (Å²) in [6, 6.07) is 9.08. The van der Waals surface area contributed by atoms with Crippen LogP contribution in [-0.2, 0) is 14.8 Å². The van der Waals surface area contributed by atoms with Gasteiger partial charge in [-0.15, -0.1) is 0 Å². The Bertz CT molecular complexity index is 996. The third kappa shape index (κ3) is 4.32. The number of rotatable bonds is 6. The van der Waals surface area contributed by atoms with Crippen LogP contribution < -0.4 is 19.5 Å². The average molecular weight is 427 g/mol. The van der Waals surface area contributed by atoms with Crippen LogP contribution in [0.5, 0.6) is 17.2 Å². The standard InChI is InChI=1S/C18H19ClN2O6S/c1-21(11-18(22)20-12-3-5-15(25-2)14(19)9-12)28(23,24)13-4-6-16-17(10-13)27-8-7-26-16/h3-6,9-10H,7-8,11H2,1-2H3,(H,20,22). The second kappa shape index (κ2) is 8.26. The summed E-state index contributed by atoms with van der Waals surface area (Å²) in [5.74, 6) is 0.808. The van der Waals surface area contributed by atoms with Gasteiger partial charge >= 0.3 is 0 Å². The number of ether oxygens (including phenoxy) is 3. The van der Waals surface area contributed by atoms with Crippen LogP contribution in [-0.4, -0.2) is 52.5 Å². The van der Waals surface area contributed by atoms with Gasteiger partial charge in [0, 0.05) is 18.8 Å². The summed E-state index contributed by atoms with van der Waals surface area (Å²) >= 11 is 6.02. The number of methoxy groups -OCH3 is 1. The van der Waals surface area contributed by atoms with Crippen LogP contribution in [0.1, 0.15) is 0 Å². The predicted octanol–water partition coefficient (Wildman–Crippen LogP) is 2.38. The Balaban J connectivity index is 1.70. The Hall–Kier alpha value is -2.49. The van der Waals surface area contributed by atoms with Gasteiger partial charge in [0.1, 0.15) is 19.0 Å². The Morgan fingerprint density at radius 1 is 1.18 bits per heavy atom. The molecule has 8 nitrogen and oxygen atoms in total. The first-order chi connectivity index (χ1) is 13.3. The number of anilines is 1. The van der Waals surface area contributed by atoms with Gasteiger partial charge in [-0.1, -0.05) is 11.6 Å². The molecule has 0 atom stereocenters. The lowest BCUT2D eigenvalue weighted by molar-refractivity contribution is -0.116. The zero-order valence-corrected chi connectivity index (χ0v) is 16.8. The molecule has 0 unspecified atom stereocenters. The summed E-state index contributed by atoms with van der Waals surface area (Å²) in [6.45, 7) is 0.383. The monoisotopic (exact) mass is 426 g/mol. The minimum Gasteiger partial charge on any atom is -0.495 e. The highest BCUT2D eigenvalue weighted by molar-refractivity contribution is 7.89. The number of hydrogen-bond donors (Lipinski definition) is 1. The van der Waals surface area contributed by atoms with Crippen LogP contribution in [0.25, 0.3) is 0 Å². The molecule has 1 aliphatic rings. The fourth-order valence-corrected chi connectivity index (χ4v) is 4.00. The van der Waals surface area contributed by atoms with Gasteiger partial charge in [-0.25, -0.2) is 8.42 Å². The van der Waals surface area contributed by atoms with Gasteiger partial charge in [0.2, 0.25) is 15.9 Å². The van der Waals surface area contributed by atoms with Crippen molar-refractivity contribution in [3.05, 3.63) is 41.4 Å². The van der Waals surface area contributed by atoms with Crippen LogP contribution >= 0.6 is 11.6 Å². The second-order valence-electron chi connectivity index (χ2n) is 5.96. The van der Waals surface area contributed by atoms with Gasteiger partial charge in [0.25, 0.3) is 0 Å². The van der Waals surface area contributed by atoms with E-state index in [0.29, 0.717) is 41.2 Å². The Labute approximate surface area is 168 Å². The summed E-state index contributed by atoms with van der Waals surface area (Å²) in [5.41, 5.74) is 0.431. The van der Waals surface area contributed by atoms with Crippen molar-refractivity contribution in [3.63, 3.8) is 0 Å². The Morgan fingerprint density at radius 2 is 1.89 bits per heavy atom. The van der Waals surface area contributed by atoms with Gasteiger partial charge in [-0.3, -0.25) is 4.79 Å². The van der Waals surface area contributed by atoms with E-state index in [-0.39, 0.29) is 11.4 Å². The lowest BCUT2D eigenvalue weighted by Gasteiger charge is -2.21. The van der Waals surface area contributed by atoms with Crippen molar-refractivity contribution in [2.75, 3.05) is 39.2 Å². The van der Waals surface area contributed by atoms with Crippen LogP contribution in [0.15, 0.2) is 41.3 Å². The van der Waals surface area contributed by atoms with Crippen LogP contribution in [0.2, 0.25) is 5.02 Å². The molecule has 1 aliphatic heterocycles. The first kappa shape index (κ1) is 20.2. The minimum absolute atomic E-state index is 0.0135. The molecule has 2 aromatic carbocycles. The molecular weight excluding hydrogens is 408 g/mol. The van der Waals surface area contributed by atoms with Crippen molar-refractivity contribution in [1.29, 1.82) is 0 Å². The second-order valence-corrected chi connectivity index (χ2v) is 8.42. The number of nitrogens with one attached hydrogen (secondary N) is 1. The molecule has 0 bridgehead atoms. The normalized spacial score (nSPS) is 13.3. The number of sulfonamides is 1. The molecule has 0 aliphatic carbocycles. The molecule has 0 saturated heterocycles. The fraction of sp³-hybridized carbons (Fsp3) is 0.278. The number of benzene rings is 2. The largest absolute Gasteiger partial charge is 0.495 e. The highest BCUT2D eigenvalue weighted by Crippen LogP contribution is 2.33. The zero-order valence-electron chi connectivity index (χ0n) is 15.3. The van der Waals surface area contributed by atoms with Crippen molar-refractivity contribution in [3.8, 4) is 17.2 Å². The number of amides is 1. The quantitative estimate of drug-likeness (QED) is 0.762. The third-order valence-corrected chi connectivity index (χ3v) is 6.12. The molecule has 0 fully saturated rings. The van der Waals surface area contributed by atoms with Crippen molar-refractivity contribution in [2.45, 2.75) is 4.90 Å². The third-order valence-electron chi connectivity index (χ3n) is 4.02. The zero-order chi connectivity index (χ0) is 20.3. The van der Waals surface area contributed by atoms with Crippen LogP contribution in [0.4, 0.5) is 5.69 Å². The summed E-state index contributed by atoms with van der Waals surface area (Å²) in [7, 11) is -1.08. The molecule has 1 amide bonds. The summed E-state index contributed by atoms with van der Waals surface area (Å²) in [4.78, 5) is 12.3. The van der Waals surface area contributed by atoms with Gasteiger partial charge in [0.15, 0.2) is 11.5 Å². The van der Waals surface area contributed by atoms with Gasteiger partial charge < -0.3 is 19.5 Å². The van der Waals surface area contributed by atoms with E-state index < -0.39 is 15.9 Å². The van der Waals surface area contributed by atoms with E-state index in [0.717, 1.165) is 4.31 Å². The molecule has 10 heteroatoms. The first-order valence-corrected chi connectivity index (χ1v) is 10.1. The molecule has 0 aromatic heterocycles. The highest BCUT2D eigenvalue weighted by atomic mass is 35.5. The summed E-state index contributed by atoms with van der Waals surface area (Å²) < 4.78 is 42.3. The lowest BCUT2D eigenvalue weighted by atomic mass is 10.3. The Kier molecular flexibility index (Phi) is 5.97. The van der Waals surface area contributed by atoms with Gasteiger partial charge in [-0.05, 0) is 30.3 Å². The van der Waals surface area contributed by atoms with E-state index >= 15 is 0 Å². The molecule has 0 radical (unpaired) electrons. The molecule has 1 N–H and O–H groups in total. The van der Waals surface area contributed by atoms with Gasteiger partial charge in [-0.2, -0.15) is 4.31 Å². The number of halogens is 1. The molecule has 150 valence electrons. The number of fused-ring (bicyclic) bond motifs is 1. The van der Waals surface area contributed by atoms with E-state index in [1.165, 1.54) is 38.4 Å². The number of carbonyl (C=O) groups excluding carboxylic acids is 1. The maximum Gasteiger partial charge on any atom is 0.243 e. The maximum absolute atomic E-state index is 12.8. The smallest absolute Gasteiger partial charge is 0.243 e. The Morgan fingerprint density at radius 3 is 2.57 bits per heavy atom. The van der Waals surface area contributed by atoms with E-state index in [4.69, 9.17) is 25.8 Å². The summed E-state index contributed by atoms with van der Waals surface area (Å²) in [6.07, 6.45) is 0. The molecule has 0 spiro atoms. The van der Waals surface area contributed by atoms with E-state index in [9.17, 15) is 13.2 Å². The van der Waals surface area contributed by atoms with Crippen LogP contribution in [0.3, 0.4) is 0 Å². The molecule has 2 aromatic rings. The lowest BCUT2D eigenvalue weighted by Crippen LogP contribution is -2.35. The molecule has 1 heterocycles. The van der Waals surface area contributed by atoms with Gasteiger partial charge in [0.05, 0.1) is 23.6 Å². The van der Waals surface area contributed by atoms with E-state index in [1.807, 2.05) is 0 Å². The maximum atomic E-state index is 12.8. The highest BCUT2D eigenvalue weighted by Gasteiger charge is 2.25. The minimum atomic E-state index is -3.89. The summed E-state index contributed by atoms with van der Waals surface area (Å²) in [5, 5.41) is 2.94. The number of hydrogen-bond acceptors (Lipinski definition) is 6. The number of carbonyl (C=O) groups is 1. The van der Waals surface area contributed by atoms with Crippen molar-refractivity contribution in [1.82, 2.24) is 4.31 Å². The first-order valence-electron chi connectivity index (χ1n) is 8.30.